The third-order valence-corrected chi connectivity index (χ3v) is 5.05. The van der Waals surface area contributed by atoms with E-state index in [-0.39, 0.29) is 10.7 Å². The fraction of sp³-hybridized carbons (Fsp3) is 0.136. The van der Waals surface area contributed by atoms with Gasteiger partial charge in [0.15, 0.2) is 16.6 Å². The number of rotatable bonds is 6. The van der Waals surface area contributed by atoms with Crippen LogP contribution in [-0.2, 0) is 16.0 Å². The summed E-state index contributed by atoms with van der Waals surface area (Å²) in [6.45, 7) is 3.75. The lowest BCUT2D eigenvalue weighted by atomic mass is 10.0. The Hall–Kier alpha value is -3.16. The number of methoxy groups -OCH3 is 2. The van der Waals surface area contributed by atoms with Crippen LogP contribution in [0.1, 0.15) is 11.1 Å². The molecule has 2 aromatic carbocycles. The van der Waals surface area contributed by atoms with E-state index in [1.807, 2.05) is 6.07 Å². The highest BCUT2D eigenvalue weighted by atomic mass is 35.5. The summed E-state index contributed by atoms with van der Waals surface area (Å²) < 4.78 is 10.8. The van der Waals surface area contributed by atoms with Crippen molar-refractivity contribution in [2.75, 3.05) is 19.1 Å². The molecule has 1 aliphatic rings. The van der Waals surface area contributed by atoms with Crippen LogP contribution >= 0.6 is 23.8 Å². The van der Waals surface area contributed by atoms with Gasteiger partial charge in [0.1, 0.15) is 5.57 Å². The molecular formula is C22H19ClN2O4S. The van der Waals surface area contributed by atoms with Crippen molar-refractivity contribution in [1.29, 1.82) is 0 Å². The molecule has 1 heterocycles. The number of amides is 2. The topological polar surface area (TPSA) is 67.9 Å². The molecular weight excluding hydrogens is 424 g/mol. The Labute approximate surface area is 184 Å². The predicted molar refractivity (Wildman–Crippen MR) is 121 cm³/mol. The fourth-order valence-corrected chi connectivity index (χ4v) is 3.63. The van der Waals surface area contributed by atoms with Crippen molar-refractivity contribution in [1.82, 2.24) is 5.32 Å². The van der Waals surface area contributed by atoms with Crippen molar-refractivity contribution in [2.24, 2.45) is 0 Å². The minimum absolute atomic E-state index is 0.0325. The Kier molecular flexibility index (Phi) is 6.54. The van der Waals surface area contributed by atoms with Gasteiger partial charge in [-0.2, -0.15) is 0 Å². The van der Waals surface area contributed by atoms with E-state index in [0.29, 0.717) is 34.2 Å². The van der Waals surface area contributed by atoms with Crippen molar-refractivity contribution < 1.29 is 19.1 Å². The number of benzene rings is 2. The molecule has 0 atom stereocenters. The Balaban J connectivity index is 2.10. The van der Waals surface area contributed by atoms with Gasteiger partial charge in [0, 0.05) is 5.56 Å². The number of thiocarbonyl (C=S) groups is 1. The van der Waals surface area contributed by atoms with Crippen LogP contribution in [0.5, 0.6) is 11.5 Å². The molecule has 2 aromatic rings. The van der Waals surface area contributed by atoms with Crippen molar-refractivity contribution in [2.45, 2.75) is 6.42 Å². The lowest BCUT2D eigenvalue weighted by Crippen LogP contribution is -2.54. The molecule has 154 valence electrons. The highest BCUT2D eigenvalue weighted by molar-refractivity contribution is 7.80. The second kappa shape index (κ2) is 9.11. The first-order valence-electron chi connectivity index (χ1n) is 8.93. The van der Waals surface area contributed by atoms with E-state index in [9.17, 15) is 9.59 Å². The van der Waals surface area contributed by atoms with E-state index in [4.69, 9.17) is 33.3 Å². The number of ether oxygens (including phenoxy) is 2. The first-order valence-corrected chi connectivity index (χ1v) is 9.71. The Morgan fingerprint density at radius 3 is 2.57 bits per heavy atom. The average Bonchev–Trinajstić information content (AvgIpc) is 2.72. The zero-order valence-electron chi connectivity index (χ0n) is 16.4. The second-order valence-corrected chi connectivity index (χ2v) is 7.11. The van der Waals surface area contributed by atoms with Gasteiger partial charge in [0.2, 0.25) is 0 Å². The number of anilines is 1. The largest absolute Gasteiger partial charge is 0.493 e. The number of para-hydroxylation sites is 1. The quantitative estimate of drug-likeness (QED) is 0.318. The molecule has 1 fully saturated rings. The van der Waals surface area contributed by atoms with E-state index in [1.165, 1.54) is 18.1 Å². The highest BCUT2D eigenvalue weighted by Crippen LogP contribution is 2.34. The van der Waals surface area contributed by atoms with Crippen molar-refractivity contribution >= 4 is 52.5 Å². The summed E-state index contributed by atoms with van der Waals surface area (Å²) in [7, 11) is 3.06. The maximum atomic E-state index is 13.2. The van der Waals surface area contributed by atoms with Gasteiger partial charge in [0.25, 0.3) is 11.8 Å². The molecule has 1 saturated heterocycles. The standard InChI is InChI=1S/C22H19ClN2O4S/c1-4-7-14-10-13(12-18(28-2)19(14)29-3)11-15-20(26)24-22(30)25(21(15)27)17-9-6-5-8-16(17)23/h4-6,8-12H,1,7H2,2-3H3,(H,24,26,30)/b15-11+. The highest BCUT2D eigenvalue weighted by Gasteiger charge is 2.35. The normalized spacial score (nSPS) is 15.2. The molecule has 1 N–H and O–H groups in total. The number of nitrogens with zero attached hydrogens (tertiary/aromatic N) is 1. The molecule has 30 heavy (non-hydrogen) atoms. The van der Waals surface area contributed by atoms with Gasteiger partial charge in [-0.1, -0.05) is 29.8 Å². The summed E-state index contributed by atoms with van der Waals surface area (Å²) in [5.41, 5.74) is 1.70. The van der Waals surface area contributed by atoms with Crippen LogP contribution in [0.15, 0.2) is 54.6 Å². The first kappa shape index (κ1) is 21.5. The third kappa shape index (κ3) is 4.08. The monoisotopic (exact) mass is 442 g/mol. The van der Waals surface area contributed by atoms with Crippen LogP contribution in [-0.4, -0.2) is 31.1 Å². The minimum atomic E-state index is -0.589. The Bertz CT molecular complexity index is 1080. The number of halogens is 1. The SMILES string of the molecule is C=CCc1cc(/C=C2\C(=O)NC(=S)N(c3ccccc3Cl)C2=O)cc(OC)c1OC. The number of hydrogen-bond acceptors (Lipinski definition) is 5. The molecule has 0 radical (unpaired) electrons. The molecule has 0 bridgehead atoms. The van der Waals surface area contributed by atoms with E-state index >= 15 is 0 Å². The molecule has 6 nitrogen and oxygen atoms in total. The fourth-order valence-electron chi connectivity index (χ4n) is 3.13. The van der Waals surface area contributed by atoms with Gasteiger partial charge in [-0.05, 0) is 54.5 Å². The maximum Gasteiger partial charge on any atom is 0.270 e. The lowest BCUT2D eigenvalue weighted by Gasteiger charge is -2.29. The molecule has 1 aliphatic heterocycles. The molecule has 0 saturated carbocycles. The number of allylic oxidation sites excluding steroid dienone is 1. The zero-order chi connectivity index (χ0) is 21.8. The molecule has 0 unspecified atom stereocenters. The van der Waals surface area contributed by atoms with Crippen molar-refractivity contribution in [3.05, 3.63) is 70.8 Å². The van der Waals surface area contributed by atoms with E-state index in [0.717, 1.165) is 5.56 Å². The third-order valence-electron chi connectivity index (χ3n) is 4.45. The molecule has 3 rings (SSSR count). The number of nitrogens with one attached hydrogen (secondary N) is 1. The van der Waals surface area contributed by atoms with Crippen LogP contribution in [0.2, 0.25) is 5.02 Å². The minimum Gasteiger partial charge on any atom is -0.493 e. The first-order chi connectivity index (χ1) is 14.4. The molecule has 0 aliphatic carbocycles. The van der Waals surface area contributed by atoms with E-state index in [1.54, 1.807) is 43.5 Å². The summed E-state index contributed by atoms with van der Waals surface area (Å²) in [6.07, 6.45) is 3.73. The average molecular weight is 443 g/mol. The summed E-state index contributed by atoms with van der Waals surface area (Å²) >= 11 is 11.4. The summed E-state index contributed by atoms with van der Waals surface area (Å²) in [5, 5.41) is 2.85. The smallest absolute Gasteiger partial charge is 0.270 e. The number of carbonyl (C=O) groups excluding carboxylic acids is 2. The van der Waals surface area contributed by atoms with Crippen LogP contribution in [0.3, 0.4) is 0 Å². The molecule has 0 aromatic heterocycles. The van der Waals surface area contributed by atoms with Crippen LogP contribution in [0.4, 0.5) is 5.69 Å². The van der Waals surface area contributed by atoms with Crippen LogP contribution < -0.4 is 19.7 Å². The van der Waals surface area contributed by atoms with E-state index < -0.39 is 11.8 Å². The molecule has 2 amide bonds. The summed E-state index contributed by atoms with van der Waals surface area (Å²) in [4.78, 5) is 26.9. The molecule has 0 spiro atoms. The number of carbonyl (C=O) groups is 2. The summed E-state index contributed by atoms with van der Waals surface area (Å²) in [5.74, 6) is -0.117. The number of hydrogen-bond donors (Lipinski definition) is 1. The van der Waals surface area contributed by atoms with Gasteiger partial charge in [-0.25, -0.2) is 0 Å². The second-order valence-electron chi connectivity index (χ2n) is 6.32. The van der Waals surface area contributed by atoms with Gasteiger partial charge >= 0.3 is 0 Å². The summed E-state index contributed by atoms with van der Waals surface area (Å²) in [6, 6.07) is 10.3. The van der Waals surface area contributed by atoms with Gasteiger partial charge in [0.05, 0.1) is 24.9 Å². The van der Waals surface area contributed by atoms with Crippen molar-refractivity contribution in [3.8, 4) is 11.5 Å². The predicted octanol–water partition coefficient (Wildman–Crippen LogP) is 3.92. The van der Waals surface area contributed by atoms with Gasteiger partial charge in [-0.3, -0.25) is 19.8 Å². The zero-order valence-corrected chi connectivity index (χ0v) is 18.0. The lowest BCUT2D eigenvalue weighted by molar-refractivity contribution is -0.122. The molecule has 8 heteroatoms. The maximum absolute atomic E-state index is 13.2. The van der Waals surface area contributed by atoms with E-state index in [2.05, 4.69) is 11.9 Å². The van der Waals surface area contributed by atoms with Gasteiger partial charge in [-0.15, -0.1) is 6.58 Å². The van der Waals surface area contributed by atoms with Crippen LogP contribution in [0.25, 0.3) is 6.08 Å². The Morgan fingerprint density at radius 1 is 1.20 bits per heavy atom. The van der Waals surface area contributed by atoms with Gasteiger partial charge < -0.3 is 9.47 Å². The van der Waals surface area contributed by atoms with Crippen LogP contribution in [0, 0.1) is 0 Å². The van der Waals surface area contributed by atoms with Crippen molar-refractivity contribution in [3.63, 3.8) is 0 Å². The Morgan fingerprint density at radius 2 is 1.93 bits per heavy atom.